The molecular formula is C21H21N5OS2. The van der Waals surface area contributed by atoms with Gasteiger partial charge in [0.1, 0.15) is 15.8 Å². The largest absolute Gasteiger partial charge is 0.611 e. The minimum absolute atomic E-state index is 0.255. The van der Waals surface area contributed by atoms with Gasteiger partial charge >= 0.3 is 0 Å². The number of pyridine rings is 2. The highest BCUT2D eigenvalue weighted by Gasteiger charge is 2.36. The van der Waals surface area contributed by atoms with E-state index in [1.807, 2.05) is 17.8 Å². The minimum atomic E-state index is -1.02. The lowest BCUT2D eigenvalue weighted by atomic mass is 10.00. The molecule has 0 amide bonds. The van der Waals surface area contributed by atoms with Crippen molar-refractivity contribution in [3.8, 4) is 11.3 Å². The molecule has 0 spiro atoms. The average Bonchev–Trinajstić information content (AvgIpc) is 3.39. The van der Waals surface area contributed by atoms with Gasteiger partial charge in [-0.25, -0.2) is 15.0 Å². The van der Waals surface area contributed by atoms with Crippen molar-refractivity contribution in [1.29, 1.82) is 0 Å². The van der Waals surface area contributed by atoms with E-state index in [1.165, 1.54) is 36.2 Å². The SMILES string of the molecule is Cn1cnc2ncc(-c3cc(C4CC4)c4c(N)c([S@@+]([O-])C5CCC5)sc4n3)cc21. The zero-order valence-corrected chi connectivity index (χ0v) is 17.7. The van der Waals surface area contributed by atoms with Crippen LogP contribution in [0.4, 0.5) is 5.69 Å². The Hall–Kier alpha value is -2.16. The van der Waals surface area contributed by atoms with Crippen LogP contribution in [-0.2, 0) is 18.2 Å². The molecule has 4 aromatic heterocycles. The van der Waals surface area contributed by atoms with Crippen LogP contribution in [-0.4, -0.2) is 29.3 Å². The molecule has 4 heterocycles. The van der Waals surface area contributed by atoms with Crippen molar-refractivity contribution >= 4 is 49.6 Å². The summed E-state index contributed by atoms with van der Waals surface area (Å²) >= 11 is 0.487. The third-order valence-electron chi connectivity index (χ3n) is 6.13. The van der Waals surface area contributed by atoms with Crippen molar-refractivity contribution in [2.75, 3.05) is 5.73 Å². The lowest BCUT2D eigenvalue weighted by Gasteiger charge is -2.27. The normalized spacial score (nSPS) is 18.4. The van der Waals surface area contributed by atoms with Crippen LogP contribution < -0.4 is 5.73 Å². The molecule has 0 unspecified atom stereocenters. The maximum Gasteiger partial charge on any atom is 0.232 e. The summed E-state index contributed by atoms with van der Waals surface area (Å²) in [5, 5.41) is 1.28. The first-order valence-electron chi connectivity index (χ1n) is 10.0. The van der Waals surface area contributed by atoms with E-state index in [1.54, 1.807) is 6.33 Å². The molecule has 0 aliphatic heterocycles. The van der Waals surface area contributed by atoms with Crippen LogP contribution in [0.3, 0.4) is 0 Å². The molecule has 2 saturated carbocycles. The van der Waals surface area contributed by atoms with Gasteiger partial charge in [-0.15, -0.1) is 0 Å². The van der Waals surface area contributed by atoms with Crippen molar-refractivity contribution in [2.24, 2.45) is 7.05 Å². The van der Waals surface area contributed by atoms with Crippen LogP contribution in [0.25, 0.3) is 32.6 Å². The average molecular weight is 424 g/mol. The molecule has 0 bridgehead atoms. The molecule has 4 aromatic rings. The second-order valence-electron chi connectivity index (χ2n) is 8.13. The number of imidazole rings is 1. The fourth-order valence-electron chi connectivity index (χ4n) is 4.03. The second-order valence-corrected chi connectivity index (χ2v) is 11.1. The Morgan fingerprint density at radius 2 is 2.03 bits per heavy atom. The Kier molecular flexibility index (Phi) is 3.91. The van der Waals surface area contributed by atoms with E-state index >= 15 is 0 Å². The van der Waals surface area contributed by atoms with Gasteiger partial charge in [0.05, 0.1) is 17.5 Å². The lowest BCUT2D eigenvalue weighted by Crippen LogP contribution is -2.28. The van der Waals surface area contributed by atoms with Gasteiger partial charge < -0.3 is 14.9 Å². The number of aryl methyl sites for hydroxylation is 1. The first-order chi connectivity index (χ1) is 14.1. The maximum absolute atomic E-state index is 13.0. The molecule has 6 rings (SSSR count). The van der Waals surface area contributed by atoms with Crippen molar-refractivity contribution in [3.05, 3.63) is 30.2 Å². The van der Waals surface area contributed by atoms with E-state index < -0.39 is 11.2 Å². The predicted molar refractivity (Wildman–Crippen MR) is 118 cm³/mol. The lowest BCUT2D eigenvalue weighted by molar-refractivity contribution is 0.478. The van der Waals surface area contributed by atoms with Gasteiger partial charge in [0.15, 0.2) is 5.65 Å². The highest BCUT2D eigenvalue weighted by atomic mass is 32.2. The van der Waals surface area contributed by atoms with Gasteiger partial charge in [0.2, 0.25) is 4.21 Å². The monoisotopic (exact) mass is 423 g/mol. The number of hydrogen-bond acceptors (Lipinski definition) is 6. The van der Waals surface area contributed by atoms with Crippen molar-refractivity contribution in [2.45, 2.75) is 47.5 Å². The van der Waals surface area contributed by atoms with Gasteiger partial charge in [-0.3, -0.25) is 0 Å². The molecule has 0 saturated heterocycles. The zero-order chi connectivity index (χ0) is 19.7. The van der Waals surface area contributed by atoms with Gasteiger partial charge in [-0.05, 0) is 55.7 Å². The van der Waals surface area contributed by atoms with E-state index in [2.05, 4.69) is 22.1 Å². The predicted octanol–water partition coefficient (Wildman–Crippen LogP) is 4.36. The Bertz CT molecular complexity index is 1260. The molecule has 6 nitrogen and oxygen atoms in total. The summed E-state index contributed by atoms with van der Waals surface area (Å²) in [6.07, 6.45) is 9.19. The Balaban J connectivity index is 1.53. The Morgan fingerprint density at radius 1 is 1.21 bits per heavy atom. The van der Waals surface area contributed by atoms with Crippen LogP contribution in [0.5, 0.6) is 0 Å². The molecule has 0 aromatic carbocycles. The van der Waals surface area contributed by atoms with Crippen molar-refractivity contribution in [1.82, 2.24) is 19.5 Å². The zero-order valence-electron chi connectivity index (χ0n) is 16.1. The smallest absolute Gasteiger partial charge is 0.232 e. The fourth-order valence-corrected chi connectivity index (χ4v) is 7.25. The number of fused-ring (bicyclic) bond motifs is 2. The highest BCUT2D eigenvalue weighted by molar-refractivity contribution is 7.94. The summed E-state index contributed by atoms with van der Waals surface area (Å²) < 4.78 is 15.8. The third kappa shape index (κ3) is 2.77. The van der Waals surface area contributed by atoms with E-state index in [-0.39, 0.29) is 5.25 Å². The number of nitrogen functional groups attached to an aromatic ring is 1. The van der Waals surface area contributed by atoms with Crippen LogP contribution in [0.15, 0.2) is 28.9 Å². The molecule has 2 fully saturated rings. The fraction of sp³-hybridized carbons (Fsp3) is 0.381. The Labute approximate surface area is 175 Å². The topological polar surface area (TPSA) is 92.7 Å². The quantitative estimate of drug-likeness (QED) is 0.492. The standard InChI is InChI=1S/C21H21N5OS2/c1-26-10-24-19-16(26)7-12(9-23-19)15-8-14(11-5-6-11)17-18(22)21(28-20(17)25-15)29(27)13-3-2-4-13/h7-11,13H,2-6,22H2,1H3/t29-/m0/s1. The third-order valence-corrected chi connectivity index (χ3v) is 9.43. The number of thiophene rings is 1. The number of nitrogens with zero attached hydrogens (tertiary/aromatic N) is 4. The van der Waals surface area contributed by atoms with Gasteiger partial charge in [0, 0.05) is 35.4 Å². The molecule has 1 atom stereocenters. The summed E-state index contributed by atoms with van der Waals surface area (Å²) in [4.78, 5) is 14.6. The summed E-state index contributed by atoms with van der Waals surface area (Å²) in [5.41, 5.74) is 12.1. The maximum atomic E-state index is 13.0. The summed E-state index contributed by atoms with van der Waals surface area (Å²) in [7, 11) is 1.97. The summed E-state index contributed by atoms with van der Waals surface area (Å²) in [5.74, 6) is 0.523. The van der Waals surface area contributed by atoms with E-state index in [0.29, 0.717) is 11.6 Å². The number of nitrogens with two attached hydrogens (primary N) is 1. The summed E-state index contributed by atoms with van der Waals surface area (Å²) in [6, 6.07) is 4.25. The van der Waals surface area contributed by atoms with Gasteiger partial charge in [-0.1, -0.05) is 11.3 Å². The van der Waals surface area contributed by atoms with E-state index in [0.717, 1.165) is 49.7 Å². The molecule has 2 N–H and O–H groups in total. The van der Waals surface area contributed by atoms with Crippen LogP contribution >= 0.6 is 11.3 Å². The number of aromatic nitrogens is 4. The molecule has 2 aliphatic rings. The first kappa shape index (κ1) is 17.7. The van der Waals surface area contributed by atoms with Crippen molar-refractivity contribution < 1.29 is 4.55 Å². The number of anilines is 1. The van der Waals surface area contributed by atoms with Crippen molar-refractivity contribution in [3.63, 3.8) is 0 Å². The number of hydrogen-bond donors (Lipinski definition) is 1. The summed E-state index contributed by atoms with van der Waals surface area (Å²) in [6.45, 7) is 0. The molecule has 2 aliphatic carbocycles. The van der Waals surface area contributed by atoms with E-state index in [4.69, 9.17) is 10.7 Å². The van der Waals surface area contributed by atoms with Crippen LogP contribution in [0.1, 0.15) is 43.6 Å². The van der Waals surface area contributed by atoms with Gasteiger partial charge in [0.25, 0.3) is 0 Å². The van der Waals surface area contributed by atoms with E-state index in [9.17, 15) is 4.55 Å². The second kappa shape index (κ2) is 6.42. The van der Waals surface area contributed by atoms with Crippen LogP contribution in [0, 0.1) is 0 Å². The number of rotatable bonds is 4. The first-order valence-corrected chi connectivity index (χ1v) is 12.0. The minimum Gasteiger partial charge on any atom is -0.611 e. The van der Waals surface area contributed by atoms with Crippen LogP contribution in [0.2, 0.25) is 0 Å². The highest BCUT2D eigenvalue weighted by Crippen LogP contribution is 2.49. The molecule has 8 heteroatoms. The van der Waals surface area contributed by atoms with Gasteiger partial charge in [-0.2, -0.15) is 0 Å². The Morgan fingerprint density at radius 3 is 2.76 bits per heavy atom. The molecular weight excluding hydrogens is 402 g/mol. The molecule has 0 radical (unpaired) electrons. The molecule has 148 valence electrons. The molecule has 29 heavy (non-hydrogen) atoms.